The quantitative estimate of drug-likeness (QED) is 0.615. The molecule has 4 aliphatic carbocycles. The maximum Gasteiger partial charge on any atom is 0.155 e. The van der Waals surface area contributed by atoms with Crippen molar-refractivity contribution in [2.24, 2.45) is 34.0 Å². The van der Waals surface area contributed by atoms with Crippen LogP contribution in [0.15, 0.2) is 24.3 Å². The molecule has 4 rings (SSSR count). The molecule has 0 saturated heterocycles. The Bertz CT molecular complexity index is 685. The van der Waals surface area contributed by atoms with Gasteiger partial charge in [0, 0.05) is 6.42 Å². The highest BCUT2D eigenvalue weighted by Gasteiger charge is 2.64. The molecule has 0 N–H and O–H groups in total. The molecule has 0 bridgehead atoms. The maximum absolute atomic E-state index is 11.9. The Morgan fingerprint density at radius 3 is 2.68 bits per heavy atom. The van der Waals surface area contributed by atoms with E-state index in [4.69, 9.17) is 0 Å². The average Bonchev–Trinajstić information content (AvgIpc) is 2.89. The molecule has 0 aliphatic heterocycles. The first-order valence-electron chi connectivity index (χ1n) is 10.2. The summed E-state index contributed by atoms with van der Waals surface area (Å²) < 4.78 is 0. The Kier molecular flexibility index (Phi) is 3.80. The van der Waals surface area contributed by atoms with Crippen LogP contribution in [0, 0.1) is 45.3 Å². The van der Waals surface area contributed by atoms with Crippen molar-refractivity contribution in [1.82, 2.24) is 0 Å². The van der Waals surface area contributed by atoms with Gasteiger partial charge in [0.25, 0.3) is 0 Å². The number of carbonyl (C=O) groups excluding carboxylic acids is 1. The zero-order valence-corrected chi connectivity index (χ0v) is 15.8. The molecule has 0 aromatic rings. The van der Waals surface area contributed by atoms with Crippen molar-refractivity contribution in [3.8, 4) is 6.07 Å². The van der Waals surface area contributed by atoms with E-state index in [1.807, 2.05) is 12.2 Å². The zero-order valence-electron chi connectivity index (χ0n) is 15.8. The Labute approximate surface area is 152 Å². The topological polar surface area (TPSA) is 40.9 Å². The molecule has 134 valence electrons. The third-order valence-electron chi connectivity index (χ3n) is 9.03. The van der Waals surface area contributed by atoms with Crippen molar-refractivity contribution in [1.29, 1.82) is 5.26 Å². The van der Waals surface area contributed by atoms with Crippen LogP contribution in [0.4, 0.5) is 0 Å². The van der Waals surface area contributed by atoms with E-state index < -0.39 is 0 Å². The van der Waals surface area contributed by atoms with E-state index in [2.05, 4.69) is 26.5 Å². The van der Waals surface area contributed by atoms with E-state index in [9.17, 15) is 10.1 Å². The lowest BCUT2D eigenvalue weighted by atomic mass is 9.45. The largest absolute Gasteiger partial charge is 0.295 e. The number of nitrogens with zero attached hydrogens (tertiary/aromatic N) is 1. The Morgan fingerprint density at radius 2 is 1.96 bits per heavy atom. The number of nitriles is 1. The number of fused-ring (bicyclic) bond motifs is 5. The van der Waals surface area contributed by atoms with E-state index in [1.54, 1.807) is 0 Å². The van der Waals surface area contributed by atoms with Crippen LogP contribution in [0.1, 0.15) is 71.6 Å². The molecular weight excluding hydrogens is 306 g/mol. The van der Waals surface area contributed by atoms with Crippen LogP contribution in [0.2, 0.25) is 0 Å². The van der Waals surface area contributed by atoms with Crippen molar-refractivity contribution in [3.63, 3.8) is 0 Å². The number of rotatable bonds is 2. The van der Waals surface area contributed by atoms with Crippen LogP contribution < -0.4 is 0 Å². The number of hydrogen-bond donors (Lipinski definition) is 0. The third-order valence-corrected chi connectivity index (χ3v) is 9.03. The SMILES string of the molecule is C=CCC1(C#N)CC[C@H]2[C@@H]3CCC4=CC(=O)CC[C@]4(C)[C@@H]3CC[C@@]21C. The highest BCUT2D eigenvalue weighted by atomic mass is 16.1. The average molecular weight is 338 g/mol. The van der Waals surface area contributed by atoms with Crippen molar-refractivity contribution >= 4 is 5.78 Å². The predicted molar refractivity (Wildman–Crippen MR) is 99.6 cm³/mol. The minimum atomic E-state index is -0.204. The fourth-order valence-corrected chi connectivity index (χ4v) is 7.50. The number of hydrogen-bond acceptors (Lipinski definition) is 2. The van der Waals surface area contributed by atoms with Gasteiger partial charge in [0.15, 0.2) is 5.78 Å². The first-order valence-corrected chi connectivity index (χ1v) is 10.2. The summed E-state index contributed by atoms with van der Waals surface area (Å²) in [5.74, 6) is 2.44. The monoisotopic (exact) mass is 337 g/mol. The van der Waals surface area contributed by atoms with Crippen LogP contribution in [-0.2, 0) is 4.79 Å². The summed E-state index contributed by atoms with van der Waals surface area (Å²) in [7, 11) is 0. The minimum absolute atomic E-state index is 0.138. The smallest absolute Gasteiger partial charge is 0.155 e. The summed E-state index contributed by atoms with van der Waals surface area (Å²) in [6.07, 6.45) is 13.5. The summed E-state index contributed by atoms with van der Waals surface area (Å²) in [6, 6.07) is 2.76. The summed E-state index contributed by atoms with van der Waals surface area (Å²) in [4.78, 5) is 11.9. The molecule has 25 heavy (non-hydrogen) atoms. The lowest BCUT2D eigenvalue weighted by molar-refractivity contribution is -0.117. The van der Waals surface area contributed by atoms with E-state index >= 15 is 0 Å². The number of ketones is 1. The molecule has 3 fully saturated rings. The summed E-state index contributed by atoms with van der Waals surface area (Å²) in [5.41, 5.74) is 1.60. The van der Waals surface area contributed by atoms with Crippen molar-refractivity contribution in [2.45, 2.75) is 71.6 Å². The molecular formula is C23H31NO. The first-order chi connectivity index (χ1) is 11.9. The molecule has 0 spiro atoms. The van der Waals surface area contributed by atoms with Crippen molar-refractivity contribution in [3.05, 3.63) is 24.3 Å². The van der Waals surface area contributed by atoms with Crippen molar-refractivity contribution in [2.75, 3.05) is 0 Å². The second-order valence-electron chi connectivity index (χ2n) is 9.65. The fraction of sp³-hybridized carbons (Fsp3) is 0.739. The van der Waals surface area contributed by atoms with E-state index in [0.29, 0.717) is 17.6 Å². The van der Waals surface area contributed by atoms with Gasteiger partial charge >= 0.3 is 0 Å². The van der Waals surface area contributed by atoms with Gasteiger partial charge in [-0.15, -0.1) is 6.58 Å². The van der Waals surface area contributed by atoms with E-state index in [-0.39, 0.29) is 16.2 Å². The third kappa shape index (κ3) is 2.11. The van der Waals surface area contributed by atoms with Crippen LogP contribution in [0.25, 0.3) is 0 Å². The zero-order chi connectivity index (χ0) is 17.9. The molecule has 2 heteroatoms. The highest BCUT2D eigenvalue weighted by molar-refractivity contribution is 5.91. The van der Waals surface area contributed by atoms with Gasteiger partial charge in [-0.1, -0.05) is 25.5 Å². The molecule has 0 amide bonds. The molecule has 6 atom stereocenters. The molecule has 0 aromatic carbocycles. The van der Waals surface area contributed by atoms with Gasteiger partial charge in [0.1, 0.15) is 0 Å². The predicted octanol–water partition coefficient (Wildman–Crippen LogP) is 5.60. The van der Waals surface area contributed by atoms with E-state index in [1.165, 1.54) is 24.8 Å². The van der Waals surface area contributed by atoms with Gasteiger partial charge < -0.3 is 0 Å². The molecule has 3 saturated carbocycles. The minimum Gasteiger partial charge on any atom is -0.295 e. The van der Waals surface area contributed by atoms with Gasteiger partial charge in [-0.25, -0.2) is 0 Å². The lowest BCUT2D eigenvalue weighted by Crippen LogP contribution is -2.52. The molecule has 0 heterocycles. The Balaban J connectivity index is 1.69. The molecule has 1 unspecified atom stereocenters. The molecule has 0 aromatic heterocycles. The van der Waals surface area contributed by atoms with Crippen LogP contribution in [-0.4, -0.2) is 5.78 Å². The first kappa shape index (κ1) is 17.1. The van der Waals surface area contributed by atoms with Gasteiger partial charge in [0.05, 0.1) is 11.5 Å². The van der Waals surface area contributed by atoms with Gasteiger partial charge in [-0.3, -0.25) is 4.79 Å². The Hall–Kier alpha value is -1.36. The second-order valence-corrected chi connectivity index (χ2v) is 9.65. The summed E-state index contributed by atoms with van der Waals surface area (Å²) in [6.45, 7) is 8.79. The van der Waals surface area contributed by atoms with Gasteiger partial charge in [-0.05, 0) is 86.0 Å². The van der Waals surface area contributed by atoms with Crippen molar-refractivity contribution < 1.29 is 4.79 Å². The summed E-state index contributed by atoms with van der Waals surface area (Å²) in [5, 5.41) is 10.1. The lowest BCUT2D eigenvalue weighted by Gasteiger charge is -2.59. The number of carbonyl (C=O) groups is 1. The van der Waals surface area contributed by atoms with Crippen LogP contribution >= 0.6 is 0 Å². The summed E-state index contributed by atoms with van der Waals surface area (Å²) >= 11 is 0. The fourth-order valence-electron chi connectivity index (χ4n) is 7.50. The number of allylic oxidation sites excluding steroid dienone is 2. The maximum atomic E-state index is 11.9. The van der Waals surface area contributed by atoms with Gasteiger partial charge in [-0.2, -0.15) is 5.26 Å². The van der Waals surface area contributed by atoms with E-state index in [0.717, 1.165) is 44.4 Å². The van der Waals surface area contributed by atoms with Crippen LogP contribution in [0.3, 0.4) is 0 Å². The standard InChI is InChI=1S/C23H31NO/c1-4-10-23(15-24)13-9-20-18-6-5-16-14-17(25)7-11-21(16,2)19(18)8-12-22(20,23)3/h4,14,18-20H,1,5-13H2,2-3H3/t18-,19-,20+,21+,22+,23?/m1/s1. The molecule has 2 nitrogen and oxygen atoms in total. The van der Waals surface area contributed by atoms with Crippen LogP contribution in [0.5, 0.6) is 0 Å². The Morgan fingerprint density at radius 1 is 1.20 bits per heavy atom. The molecule has 0 radical (unpaired) electrons. The normalized spacial score (nSPS) is 48.6. The highest BCUT2D eigenvalue weighted by Crippen LogP contribution is 2.70. The van der Waals surface area contributed by atoms with Gasteiger partial charge in [0.2, 0.25) is 0 Å². The molecule has 4 aliphatic rings. The second kappa shape index (κ2) is 5.57.